The van der Waals surface area contributed by atoms with Gasteiger partial charge in [-0.1, -0.05) is 12.1 Å². The normalized spacial score (nSPS) is 10.7. The van der Waals surface area contributed by atoms with Crippen molar-refractivity contribution in [3.05, 3.63) is 81.2 Å². The Morgan fingerprint density at radius 1 is 1.21 bits per heavy atom. The molecule has 0 aliphatic carbocycles. The highest BCUT2D eigenvalue weighted by atomic mass is 19.1. The topological polar surface area (TPSA) is 107 Å². The fourth-order valence-electron chi connectivity index (χ4n) is 2.70. The van der Waals surface area contributed by atoms with Crippen molar-refractivity contribution in [1.82, 2.24) is 9.55 Å². The first-order chi connectivity index (χ1) is 13.3. The molecule has 0 saturated heterocycles. The lowest BCUT2D eigenvalue weighted by atomic mass is 10.1. The molecule has 3 aromatic rings. The van der Waals surface area contributed by atoms with Crippen LogP contribution in [0.2, 0.25) is 0 Å². The molecule has 0 spiro atoms. The number of primary amides is 1. The van der Waals surface area contributed by atoms with E-state index in [1.807, 2.05) is 0 Å². The highest BCUT2D eigenvalue weighted by molar-refractivity contribution is 5.93. The third-order valence-corrected chi connectivity index (χ3v) is 4.34. The first kappa shape index (κ1) is 19.1. The fraction of sp³-hybridized carbons (Fsp3) is 0.150. The van der Waals surface area contributed by atoms with E-state index in [0.717, 1.165) is 4.57 Å². The third kappa shape index (κ3) is 3.71. The van der Waals surface area contributed by atoms with E-state index in [0.29, 0.717) is 22.4 Å². The SMILES string of the molecule is Cc1cc(F)ccc1COc1ncn(-c2cc(C(N)=O)ccc2C)c(=O)c1O. The zero-order valence-corrected chi connectivity index (χ0v) is 15.3. The minimum Gasteiger partial charge on any atom is -0.499 e. The van der Waals surface area contributed by atoms with Crippen LogP contribution in [0, 0.1) is 19.7 Å². The number of benzene rings is 2. The number of amides is 1. The van der Waals surface area contributed by atoms with Gasteiger partial charge in [0.15, 0.2) is 0 Å². The lowest BCUT2D eigenvalue weighted by Crippen LogP contribution is -2.21. The molecule has 0 bridgehead atoms. The van der Waals surface area contributed by atoms with Crippen molar-refractivity contribution in [1.29, 1.82) is 0 Å². The fourth-order valence-corrected chi connectivity index (χ4v) is 2.70. The Morgan fingerprint density at radius 2 is 1.96 bits per heavy atom. The van der Waals surface area contributed by atoms with Crippen LogP contribution in [-0.2, 0) is 6.61 Å². The highest BCUT2D eigenvalue weighted by Crippen LogP contribution is 2.22. The molecule has 3 N–H and O–H groups in total. The van der Waals surface area contributed by atoms with Crippen molar-refractivity contribution in [2.45, 2.75) is 20.5 Å². The summed E-state index contributed by atoms with van der Waals surface area (Å²) in [6.07, 6.45) is 1.20. The molecule has 7 nitrogen and oxygen atoms in total. The van der Waals surface area contributed by atoms with Gasteiger partial charge < -0.3 is 15.6 Å². The third-order valence-electron chi connectivity index (χ3n) is 4.34. The Labute approximate surface area is 159 Å². The van der Waals surface area contributed by atoms with Gasteiger partial charge in [0.1, 0.15) is 18.8 Å². The Morgan fingerprint density at radius 3 is 2.64 bits per heavy atom. The quantitative estimate of drug-likeness (QED) is 0.703. The lowest BCUT2D eigenvalue weighted by Gasteiger charge is -2.13. The largest absolute Gasteiger partial charge is 0.499 e. The van der Waals surface area contributed by atoms with E-state index in [2.05, 4.69) is 4.98 Å². The second-order valence-corrected chi connectivity index (χ2v) is 6.30. The molecule has 0 aliphatic heterocycles. The predicted octanol–water partition coefficient (Wildman–Crippen LogP) is 2.37. The molecular weight excluding hydrogens is 365 g/mol. The van der Waals surface area contributed by atoms with Crippen LogP contribution in [0.15, 0.2) is 47.5 Å². The van der Waals surface area contributed by atoms with Gasteiger partial charge in [-0.05, 0) is 54.8 Å². The molecule has 0 radical (unpaired) electrons. The minimum atomic E-state index is -0.759. The maximum atomic E-state index is 13.2. The number of rotatable bonds is 5. The minimum absolute atomic E-state index is 0.00626. The zero-order valence-electron chi connectivity index (χ0n) is 15.3. The van der Waals surface area contributed by atoms with E-state index < -0.39 is 17.2 Å². The average Bonchev–Trinajstić information content (AvgIpc) is 2.65. The summed E-state index contributed by atoms with van der Waals surface area (Å²) in [6.45, 7) is 3.47. The van der Waals surface area contributed by atoms with Crippen molar-refractivity contribution in [2.75, 3.05) is 0 Å². The van der Waals surface area contributed by atoms with Gasteiger partial charge in [0.25, 0.3) is 5.88 Å². The number of ether oxygens (including phenoxy) is 1. The van der Waals surface area contributed by atoms with Crippen molar-refractivity contribution in [3.8, 4) is 17.3 Å². The molecule has 144 valence electrons. The van der Waals surface area contributed by atoms with E-state index in [9.17, 15) is 19.1 Å². The van der Waals surface area contributed by atoms with Crippen LogP contribution in [0.4, 0.5) is 4.39 Å². The number of nitrogens with zero attached hydrogens (tertiary/aromatic N) is 2. The predicted molar refractivity (Wildman–Crippen MR) is 100 cm³/mol. The van der Waals surface area contributed by atoms with Crippen molar-refractivity contribution >= 4 is 5.91 Å². The van der Waals surface area contributed by atoms with Crippen LogP contribution in [-0.4, -0.2) is 20.6 Å². The molecule has 1 amide bonds. The van der Waals surface area contributed by atoms with Gasteiger partial charge in [0.2, 0.25) is 11.7 Å². The van der Waals surface area contributed by atoms with Gasteiger partial charge >= 0.3 is 5.56 Å². The summed E-state index contributed by atoms with van der Waals surface area (Å²) < 4.78 is 19.7. The molecular formula is C20H18FN3O4. The van der Waals surface area contributed by atoms with E-state index in [-0.39, 0.29) is 23.9 Å². The molecule has 28 heavy (non-hydrogen) atoms. The number of hydrogen-bond donors (Lipinski definition) is 2. The number of carbonyl (C=O) groups excluding carboxylic acids is 1. The Kier molecular flexibility index (Phi) is 5.12. The van der Waals surface area contributed by atoms with E-state index >= 15 is 0 Å². The van der Waals surface area contributed by atoms with Crippen LogP contribution in [0.1, 0.15) is 27.0 Å². The van der Waals surface area contributed by atoms with Crippen molar-refractivity contribution in [2.24, 2.45) is 5.73 Å². The number of hydrogen-bond acceptors (Lipinski definition) is 5. The monoisotopic (exact) mass is 383 g/mol. The van der Waals surface area contributed by atoms with Crippen LogP contribution < -0.4 is 16.0 Å². The number of carbonyl (C=O) groups is 1. The standard InChI is InChI=1S/C20H18FN3O4/c1-11-3-4-13(18(22)26)8-16(11)24-10-23-19(17(25)20(24)27)28-9-14-5-6-15(21)7-12(14)2/h3-8,10,25H,9H2,1-2H3,(H2,22,26). The van der Waals surface area contributed by atoms with Crippen LogP contribution in [0.25, 0.3) is 5.69 Å². The van der Waals surface area contributed by atoms with Crippen LogP contribution in [0.5, 0.6) is 11.6 Å². The molecule has 0 fully saturated rings. The molecule has 2 aromatic carbocycles. The first-order valence-electron chi connectivity index (χ1n) is 8.37. The van der Waals surface area contributed by atoms with Crippen molar-refractivity contribution in [3.63, 3.8) is 0 Å². The second-order valence-electron chi connectivity index (χ2n) is 6.30. The van der Waals surface area contributed by atoms with E-state index in [1.54, 1.807) is 32.0 Å². The number of aryl methyl sites for hydroxylation is 2. The number of halogens is 1. The van der Waals surface area contributed by atoms with Gasteiger partial charge in [0.05, 0.1) is 5.69 Å². The zero-order chi connectivity index (χ0) is 20.4. The van der Waals surface area contributed by atoms with Gasteiger partial charge in [-0.2, -0.15) is 4.98 Å². The molecule has 8 heteroatoms. The van der Waals surface area contributed by atoms with Gasteiger partial charge in [-0.3, -0.25) is 14.2 Å². The first-order valence-corrected chi connectivity index (χ1v) is 8.37. The summed E-state index contributed by atoms with van der Waals surface area (Å²) in [5.41, 5.74) is 7.16. The van der Waals surface area contributed by atoms with Crippen molar-refractivity contribution < 1.29 is 19.0 Å². The number of nitrogens with two attached hydrogens (primary N) is 1. The molecule has 1 heterocycles. The van der Waals surface area contributed by atoms with Gasteiger partial charge in [0, 0.05) is 5.56 Å². The highest BCUT2D eigenvalue weighted by Gasteiger charge is 2.16. The summed E-state index contributed by atoms with van der Waals surface area (Å²) in [6, 6.07) is 8.84. The summed E-state index contributed by atoms with van der Waals surface area (Å²) >= 11 is 0. The lowest BCUT2D eigenvalue weighted by molar-refractivity contribution is 0.1000. The maximum absolute atomic E-state index is 13.2. The molecule has 0 unspecified atom stereocenters. The second kappa shape index (κ2) is 7.51. The van der Waals surface area contributed by atoms with Gasteiger partial charge in [-0.15, -0.1) is 0 Å². The van der Waals surface area contributed by atoms with Crippen LogP contribution >= 0.6 is 0 Å². The average molecular weight is 383 g/mol. The Hall–Kier alpha value is -3.68. The molecule has 0 aliphatic rings. The Bertz CT molecular complexity index is 1120. The van der Waals surface area contributed by atoms with E-state index in [1.165, 1.54) is 24.5 Å². The number of aromatic hydroxyl groups is 1. The van der Waals surface area contributed by atoms with Crippen LogP contribution in [0.3, 0.4) is 0 Å². The summed E-state index contributed by atoms with van der Waals surface area (Å²) in [5.74, 6) is -1.92. The Balaban J connectivity index is 1.93. The smallest absolute Gasteiger partial charge is 0.304 e. The number of aromatic nitrogens is 2. The van der Waals surface area contributed by atoms with Gasteiger partial charge in [-0.25, -0.2) is 4.39 Å². The molecule has 1 aromatic heterocycles. The molecule has 0 saturated carbocycles. The molecule has 3 rings (SSSR count). The summed E-state index contributed by atoms with van der Waals surface area (Å²) in [4.78, 5) is 28.0. The maximum Gasteiger partial charge on any atom is 0.304 e. The summed E-state index contributed by atoms with van der Waals surface area (Å²) in [5, 5.41) is 10.2. The summed E-state index contributed by atoms with van der Waals surface area (Å²) in [7, 11) is 0. The van der Waals surface area contributed by atoms with E-state index in [4.69, 9.17) is 10.5 Å². The molecule has 0 atom stereocenters.